The van der Waals surface area contributed by atoms with E-state index in [-0.39, 0.29) is 11.6 Å². The van der Waals surface area contributed by atoms with Crippen LogP contribution in [0, 0.1) is 0 Å². The molecule has 7 heteroatoms. The van der Waals surface area contributed by atoms with E-state index in [1.54, 1.807) is 12.1 Å². The molecule has 0 amide bonds. The SMILES string of the molecule is Oc1oc(-c2cccc3ccccc23)nc1C=Nc1cc(Cl)c(Cl)cc1Br. The molecule has 3 aromatic carbocycles. The highest BCUT2D eigenvalue weighted by Crippen LogP contribution is 2.35. The smallest absolute Gasteiger partial charge is 0.312 e. The number of aromatic nitrogens is 1. The molecule has 0 aliphatic rings. The summed E-state index contributed by atoms with van der Waals surface area (Å²) in [7, 11) is 0. The standard InChI is InChI=1S/C20H11BrCl2N2O2/c21-14-8-15(22)16(23)9-17(14)24-10-18-20(26)27-19(25-18)13-7-3-5-11-4-1-2-6-12(11)13/h1-10,26H. The van der Waals surface area contributed by atoms with E-state index < -0.39 is 0 Å². The number of benzene rings is 3. The second-order valence-electron chi connectivity index (χ2n) is 5.71. The van der Waals surface area contributed by atoms with E-state index >= 15 is 0 Å². The van der Waals surface area contributed by atoms with Crippen molar-refractivity contribution in [1.29, 1.82) is 0 Å². The monoisotopic (exact) mass is 460 g/mol. The predicted octanol–water partition coefficient (Wildman–Crippen LogP) is 7.02. The number of aliphatic imine (C=N–C) groups is 1. The molecule has 4 nitrogen and oxygen atoms in total. The quantitative estimate of drug-likeness (QED) is 0.263. The molecular formula is C20H11BrCl2N2O2. The molecule has 4 rings (SSSR count). The van der Waals surface area contributed by atoms with Gasteiger partial charge in [0, 0.05) is 10.0 Å². The minimum Gasteiger partial charge on any atom is -0.479 e. The van der Waals surface area contributed by atoms with E-state index in [0.717, 1.165) is 16.3 Å². The molecule has 0 saturated heterocycles. The number of aromatic hydroxyl groups is 1. The highest BCUT2D eigenvalue weighted by Gasteiger charge is 2.15. The highest BCUT2D eigenvalue weighted by atomic mass is 79.9. The summed E-state index contributed by atoms with van der Waals surface area (Å²) in [5.74, 6) is 0.0109. The molecule has 0 fully saturated rings. The number of nitrogens with zero attached hydrogens (tertiary/aromatic N) is 2. The molecule has 0 bridgehead atoms. The van der Waals surface area contributed by atoms with Crippen molar-refractivity contribution < 1.29 is 9.52 Å². The second kappa shape index (κ2) is 7.35. The molecule has 0 aliphatic heterocycles. The summed E-state index contributed by atoms with van der Waals surface area (Å²) in [6.07, 6.45) is 1.41. The third kappa shape index (κ3) is 3.58. The van der Waals surface area contributed by atoms with E-state index in [1.165, 1.54) is 6.21 Å². The van der Waals surface area contributed by atoms with Crippen LogP contribution in [0.25, 0.3) is 22.2 Å². The van der Waals surface area contributed by atoms with Crippen LogP contribution in [0.5, 0.6) is 5.95 Å². The zero-order valence-electron chi connectivity index (χ0n) is 13.7. The van der Waals surface area contributed by atoms with Crippen LogP contribution in [0.3, 0.4) is 0 Å². The van der Waals surface area contributed by atoms with Gasteiger partial charge in [0.05, 0.1) is 21.9 Å². The number of oxazole rings is 1. The van der Waals surface area contributed by atoms with Crippen molar-refractivity contribution in [2.45, 2.75) is 0 Å². The lowest BCUT2D eigenvalue weighted by Crippen LogP contribution is -1.84. The highest BCUT2D eigenvalue weighted by molar-refractivity contribution is 9.10. The fraction of sp³-hybridized carbons (Fsp3) is 0. The van der Waals surface area contributed by atoms with Gasteiger partial charge in [0.2, 0.25) is 5.89 Å². The van der Waals surface area contributed by atoms with Gasteiger partial charge in [0.15, 0.2) is 5.69 Å². The fourth-order valence-corrected chi connectivity index (χ4v) is 3.58. The number of hydrogen-bond acceptors (Lipinski definition) is 4. The summed E-state index contributed by atoms with van der Waals surface area (Å²) in [4.78, 5) is 8.69. The average Bonchev–Trinajstić information content (AvgIpc) is 3.03. The van der Waals surface area contributed by atoms with Gasteiger partial charge in [0.25, 0.3) is 0 Å². The first kappa shape index (κ1) is 18.0. The summed E-state index contributed by atoms with van der Waals surface area (Å²) in [6.45, 7) is 0. The number of fused-ring (bicyclic) bond motifs is 1. The Morgan fingerprint density at radius 1 is 1.04 bits per heavy atom. The van der Waals surface area contributed by atoms with Gasteiger partial charge >= 0.3 is 5.95 Å². The van der Waals surface area contributed by atoms with Crippen LogP contribution < -0.4 is 0 Å². The molecule has 0 radical (unpaired) electrons. The lowest BCUT2D eigenvalue weighted by Gasteiger charge is -2.01. The van der Waals surface area contributed by atoms with E-state index in [4.69, 9.17) is 27.6 Å². The van der Waals surface area contributed by atoms with Crippen LogP contribution in [0.4, 0.5) is 5.69 Å². The van der Waals surface area contributed by atoms with Crippen LogP contribution in [0.15, 0.2) is 68.5 Å². The van der Waals surface area contributed by atoms with Gasteiger partial charge in [-0.1, -0.05) is 59.6 Å². The molecule has 1 heterocycles. The van der Waals surface area contributed by atoms with Gasteiger partial charge in [-0.25, -0.2) is 4.98 Å². The largest absolute Gasteiger partial charge is 0.479 e. The molecule has 1 N–H and O–H groups in total. The van der Waals surface area contributed by atoms with Crippen molar-refractivity contribution in [3.63, 3.8) is 0 Å². The van der Waals surface area contributed by atoms with Gasteiger partial charge in [0.1, 0.15) is 0 Å². The molecule has 4 aromatic rings. The maximum absolute atomic E-state index is 10.1. The predicted molar refractivity (Wildman–Crippen MR) is 113 cm³/mol. The van der Waals surface area contributed by atoms with Crippen LogP contribution in [0.2, 0.25) is 10.0 Å². The Balaban J connectivity index is 1.73. The summed E-state index contributed by atoms with van der Waals surface area (Å²) in [5, 5.41) is 13.0. The van der Waals surface area contributed by atoms with Crippen molar-refractivity contribution in [3.8, 4) is 17.4 Å². The molecule has 0 aliphatic carbocycles. The molecule has 1 aromatic heterocycles. The maximum atomic E-state index is 10.1. The molecule has 0 atom stereocenters. The lowest BCUT2D eigenvalue weighted by molar-refractivity contribution is 0.337. The normalized spacial score (nSPS) is 11.5. The van der Waals surface area contributed by atoms with Crippen LogP contribution in [0.1, 0.15) is 5.69 Å². The number of rotatable bonds is 3. The van der Waals surface area contributed by atoms with Crippen molar-refractivity contribution in [1.82, 2.24) is 4.98 Å². The Kier molecular flexibility index (Phi) is 4.91. The molecule has 134 valence electrons. The maximum Gasteiger partial charge on any atom is 0.312 e. The van der Waals surface area contributed by atoms with E-state index in [0.29, 0.717) is 26.1 Å². The Bertz CT molecular complexity index is 1180. The number of halogens is 3. The zero-order chi connectivity index (χ0) is 19.0. The van der Waals surface area contributed by atoms with Crippen molar-refractivity contribution in [2.75, 3.05) is 0 Å². The molecule has 0 spiro atoms. The van der Waals surface area contributed by atoms with Gasteiger partial charge in [-0.3, -0.25) is 4.99 Å². The fourth-order valence-electron chi connectivity index (χ4n) is 2.68. The number of hydrogen-bond donors (Lipinski definition) is 1. The first-order chi connectivity index (χ1) is 13.0. The first-order valence-corrected chi connectivity index (χ1v) is 9.44. The molecular weight excluding hydrogens is 451 g/mol. The summed E-state index contributed by atoms with van der Waals surface area (Å²) in [5.41, 5.74) is 1.56. The van der Waals surface area contributed by atoms with Gasteiger partial charge in [-0.15, -0.1) is 0 Å². The Morgan fingerprint density at radius 2 is 1.78 bits per heavy atom. The van der Waals surface area contributed by atoms with Crippen molar-refractivity contribution >= 4 is 61.8 Å². The minimum absolute atomic E-state index is 0.218. The Morgan fingerprint density at radius 3 is 2.63 bits per heavy atom. The van der Waals surface area contributed by atoms with Crippen molar-refractivity contribution in [2.24, 2.45) is 4.99 Å². The molecule has 27 heavy (non-hydrogen) atoms. The summed E-state index contributed by atoms with van der Waals surface area (Å²) < 4.78 is 6.14. The zero-order valence-corrected chi connectivity index (χ0v) is 16.8. The first-order valence-electron chi connectivity index (χ1n) is 7.89. The van der Waals surface area contributed by atoms with Crippen molar-refractivity contribution in [3.05, 3.63) is 74.8 Å². The third-order valence-corrected chi connectivity index (χ3v) is 5.33. The Labute approximate surface area is 173 Å². The van der Waals surface area contributed by atoms with Gasteiger partial charge in [-0.05, 0) is 44.9 Å². The topological polar surface area (TPSA) is 58.6 Å². The van der Waals surface area contributed by atoms with E-state index in [1.807, 2.05) is 42.5 Å². The van der Waals surface area contributed by atoms with Crippen LogP contribution in [-0.4, -0.2) is 16.3 Å². The van der Waals surface area contributed by atoms with Gasteiger partial charge < -0.3 is 9.52 Å². The van der Waals surface area contributed by atoms with E-state index in [9.17, 15) is 5.11 Å². The second-order valence-corrected chi connectivity index (χ2v) is 7.38. The summed E-state index contributed by atoms with van der Waals surface area (Å²) >= 11 is 15.4. The van der Waals surface area contributed by atoms with Crippen LogP contribution >= 0.6 is 39.1 Å². The Hall–Kier alpha value is -2.34. The van der Waals surface area contributed by atoms with E-state index in [2.05, 4.69) is 25.9 Å². The minimum atomic E-state index is -0.308. The average molecular weight is 462 g/mol. The van der Waals surface area contributed by atoms with Gasteiger partial charge in [-0.2, -0.15) is 0 Å². The van der Waals surface area contributed by atoms with Crippen LogP contribution in [-0.2, 0) is 0 Å². The molecule has 0 saturated carbocycles. The molecule has 0 unspecified atom stereocenters. The third-order valence-electron chi connectivity index (χ3n) is 3.97. The summed E-state index contributed by atoms with van der Waals surface area (Å²) in [6, 6.07) is 17.0. The lowest BCUT2D eigenvalue weighted by atomic mass is 10.0.